The van der Waals surface area contributed by atoms with Crippen LogP contribution in [0.5, 0.6) is 11.5 Å². The maximum atomic E-state index is 10.0. The van der Waals surface area contributed by atoms with Crippen LogP contribution in [0.3, 0.4) is 0 Å². The second-order valence-electron chi connectivity index (χ2n) is 5.10. The lowest BCUT2D eigenvalue weighted by molar-refractivity contribution is -0.125. The highest BCUT2D eigenvalue weighted by atomic mass is 16.5. The van der Waals surface area contributed by atoms with Crippen LogP contribution < -0.4 is 15.4 Å². The Morgan fingerprint density at radius 1 is 0.481 bits per heavy atom. The molecular formula is C20H16N2O5. The van der Waals surface area contributed by atoms with Crippen molar-refractivity contribution < 1.29 is 23.9 Å². The fourth-order valence-electron chi connectivity index (χ4n) is 1.83. The predicted octanol–water partition coefficient (Wildman–Crippen LogP) is 1.88. The van der Waals surface area contributed by atoms with Crippen LogP contribution in [0.2, 0.25) is 0 Å². The first kappa shape index (κ1) is 19.3. The van der Waals surface area contributed by atoms with Gasteiger partial charge in [0.25, 0.3) is 23.6 Å². The van der Waals surface area contributed by atoms with E-state index in [0.29, 0.717) is 0 Å². The highest BCUT2D eigenvalue weighted by Gasteiger charge is 2.07. The van der Waals surface area contributed by atoms with Gasteiger partial charge in [0.05, 0.1) is 0 Å². The molecule has 0 atom stereocenters. The molecule has 0 saturated heterocycles. The maximum Gasteiger partial charge on any atom is 0.250 e. The Morgan fingerprint density at radius 3 is 1.00 bits per heavy atom. The molecule has 27 heavy (non-hydrogen) atoms. The van der Waals surface area contributed by atoms with Crippen LogP contribution in [0.15, 0.2) is 85.0 Å². The number of imide groups is 2. The van der Waals surface area contributed by atoms with E-state index in [9.17, 15) is 19.2 Å². The molecule has 2 aromatic carbocycles. The smallest absolute Gasteiger partial charge is 0.250 e. The molecule has 0 radical (unpaired) electrons. The van der Waals surface area contributed by atoms with E-state index in [4.69, 9.17) is 4.74 Å². The van der Waals surface area contributed by atoms with Gasteiger partial charge in [-0.3, -0.25) is 29.8 Å². The minimum atomic E-state index is -0.329. The monoisotopic (exact) mass is 364 g/mol. The molecular weight excluding hydrogens is 348 g/mol. The third-order valence-corrected chi connectivity index (χ3v) is 2.99. The van der Waals surface area contributed by atoms with Crippen LogP contribution in [0, 0.1) is 0 Å². The molecule has 7 nitrogen and oxygen atoms in total. The van der Waals surface area contributed by atoms with E-state index >= 15 is 0 Å². The lowest BCUT2D eigenvalue weighted by Crippen LogP contribution is -2.19. The Bertz CT molecular complexity index is 768. The van der Waals surface area contributed by atoms with Crippen molar-refractivity contribution in [2.24, 2.45) is 0 Å². The fourth-order valence-corrected chi connectivity index (χ4v) is 1.83. The van der Waals surface area contributed by atoms with Gasteiger partial charge in [-0.2, -0.15) is 0 Å². The summed E-state index contributed by atoms with van der Waals surface area (Å²) in [6.07, 6.45) is 4.79. The topological polar surface area (TPSA) is 102 Å². The van der Waals surface area contributed by atoms with Gasteiger partial charge in [-0.1, -0.05) is 36.4 Å². The molecule has 2 heterocycles. The molecule has 2 N–H and O–H groups in total. The molecule has 7 heteroatoms. The molecule has 4 rings (SSSR count). The molecule has 0 spiro atoms. The molecule has 0 aromatic heterocycles. The third kappa shape index (κ3) is 7.61. The summed E-state index contributed by atoms with van der Waals surface area (Å²) in [6.45, 7) is 0. The lowest BCUT2D eigenvalue weighted by atomic mass is 10.3. The van der Waals surface area contributed by atoms with E-state index in [-0.39, 0.29) is 23.6 Å². The van der Waals surface area contributed by atoms with Crippen molar-refractivity contribution in [2.75, 3.05) is 0 Å². The molecule has 4 amide bonds. The number of para-hydroxylation sites is 2. The largest absolute Gasteiger partial charge is 0.457 e. The van der Waals surface area contributed by atoms with Gasteiger partial charge >= 0.3 is 0 Å². The van der Waals surface area contributed by atoms with Crippen LogP contribution in [0.25, 0.3) is 0 Å². The highest BCUT2D eigenvalue weighted by molar-refractivity contribution is 6.13. The standard InChI is InChI=1S/C12H10O.2C4H3NO2/c1-3-7-11(8-4-1)13-12-9-5-2-6-10-12;2*6-3-1-2-4(7)5-3/h1-10H;2*1-2H,(H,5,6,7). The average molecular weight is 364 g/mol. The van der Waals surface area contributed by atoms with E-state index in [1.54, 1.807) is 0 Å². The Kier molecular flexibility index (Phi) is 7.23. The summed E-state index contributed by atoms with van der Waals surface area (Å²) in [5.74, 6) is 0.424. The normalized spacial score (nSPS) is 13.8. The quantitative estimate of drug-likeness (QED) is 0.792. The van der Waals surface area contributed by atoms with E-state index in [0.717, 1.165) is 11.5 Å². The number of rotatable bonds is 2. The summed E-state index contributed by atoms with van der Waals surface area (Å²) < 4.78 is 5.58. The van der Waals surface area contributed by atoms with Gasteiger partial charge in [-0.25, -0.2) is 0 Å². The molecule has 0 unspecified atom stereocenters. The Labute approximate surface area is 155 Å². The van der Waals surface area contributed by atoms with Crippen molar-refractivity contribution in [1.82, 2.24) is 10.6 Å². The van der Waals surface area contributed by atoms with Crippen molar-refractivity contribution in [2.45, 2.75) is 0 Å². The number of carbonyl (C=O) groups is 4. The molecule has 0 aliphatic carbocycles. The van der Waals surface area contributed by atoms with Crippen molar-refractivity contribution in [3.05, 3.63) is 85.0 Å². The van der Waals surface area contributed by atoms with Crippen molar-refractivity contribution >= 4 is 23.6 Å². The zero-order chi connectivity index (χ0) is 19.5. The Morgan fingerprint density at radius 2 is 0.778 bits per heavy atom. The summed E-state index contributed by atoms with van der Waals surface area (Å²) in [5, 5.41) is 4.06. The van der Waals surface area contributed by atoms with Crippen LogP contribution in [-0.4, -0.2) is 23.6 Å². The van der Waals surface area contributed by atoms with Gasteiger partial charge in [-0.05, 0) is 24.3 Å². The number of carbonyl (C=O) groups excluding carboxylic acids is 4. The fraction of sp³-hybridized carbons (Fsp3) is 0. The van der Waals surface area contributed by atoms with Crippen LogP contribution in [-0.2, 0) is 19.2 Å². The predicted molar refractivity (Wildman–Crippen MR) is 97.5 cm³/mol. The molecule has 2 aliphatic rings. The first-order valence-corrected chi connectivity index (χ1v) is 7.87. The van der Waals surface area contributed by atoms with Crippen LogP contribution in [0.1, 0.15) is 0 Å². The van der Waals surface area contributed by atoms with Crippen molar-refractivity contribution in [3.8, 4) is 11.5 Å². The number of benzene rings is 2. The van der Waals surface area contributed by atoms with Crippen LogP contribution in [0.4, 0.5) is 0 Å². The first-order chi connectivity index (χ1) is 13.0. The van der Waals surface area contributed by atoms with E-state index in [2.05, 4.69) is 0 Å². The summed E-state index contributed by atoms with van der Waals surface area (Å²) in [5.41, 5.74) is 0. The highest BCUT2D eigenvalue weighted by Crippen LogP contribution is 2.19. The van der Waals surface area contributed by atoms with E-state index < -0.39 is 0 Å². The Balaban J connectivity index is 0.000000159. The van der Waals surface area contributed by atoms with Gasteiger partial charge in [0.1, 0.15) is 11.5 Å². The number of amides is 4. The lowest BCUT2D eigenvalue weighted by Gasteiger charge is -2.03. The van der Waals surface area contributed by atoms with Crippen molar-refractivity contribution in [3.63, 3.8) is 0 Å². The minimum absolute atomic E-state index is 0.329. The second kappa shape index (κ2) is 10.1. The van der Waals surface area contributed by atoms with Gasteiger partial charge < -0.3 is 4.74 Å². The van der Waals surface area contributed by atoms with E-state index in [1.807, 2.05) is 71.3 Å². The first-order valence-electron chi connectivity index (χ1n) is 7.87. The van der Waals surface area contributed by atoms with Crippen molar-refractivity contribution in [1.29, 1.82) is 0 Å². The Hall–Kier alpha value is -4.00. The van der Waals surface area contributed by atoms with Crippen LogP contribution >= 0.6 is 0 Å². The SMILES string of the molecule is O=C1C=CC(=O)N1.O=C1C=CC(=O)N1.c1ccc(Oc2ccccc2)cc1. The summed E-state index contributed by atoms with van der Waals surface area (Å²) in [4.78, 5) is 40.1. The van der Waals surface area contributed by atoms with E-state index in [1.165, 1.54) is 24.3 Å². The number of nitrogens with one attached hydrogen (secondary N) is 2. The van der Waals surface area contributed by atoms with Gasteiger partial charge in [-0.15, -0.1) is 0 Å². The molecule has 2 aromatic rings. The van der Waals surface area contributed by atoms with Gasteiger partial charge in [0.2, 0.25) is 0 Å². The second-order valence-corrected chi connectivity index (χ2v) is 5.10. The average Bonchev–Trinajstić information content (AvgIpc) is 3.24. The zero-order valence-corrected chi connectivity index (χ0v) is 14.1. The summed E-state index contributed by atoms with van der Waals surface area (Å²) in [7, 11) is 0. The summed E-state index contributed by atoms with van der Waals surface area (Å²) >= 11 is 0. The third-order valence-electron chi connectivity index (χ3n) is 2.99. The maximum absolute atomic E-state index is 10.0. The molecule has 0 fully saturated rings. The molecule has 136 valence electrons. The van der Waals surface area contributed by atoms with Gasteiger partial charge in [0, 0.05) is 24.3 Å². The number of hydrogen-bond acceptors (Lipinski definition) is 5. The molecule has 0 bridgehead atoms. The molecule has 2 aliphatic heterocycles. The van der Waals surface area contributed by atoms with Gasteiger partial charge in [0.15, 0.2) is 0 Å². The molecule has 0 saturated carbocycles. The zero-order valence-electron chi connectivity index (χ0n) is 14.1. The number of hydrogen-bond donors (Lipinski definition) is 2. The minimum Gasteiger partial charge on any atom is -0.457 e. The number of ether oxygens (including phenoxy) is 1. The summed E-state index contributed by atoms with van der Waals surface area (Å²) in [6, 6.07) is 19.5.